The second-order valence-electron chi connectivity index (χ2n) is 9.71. The van der Waals surface area contributed by atoms with E-state index in [0.29, 0.717) is 11.1 Å². The summed E-state index contributed by atoms with van der Waals surface area (Å²) < 4.78 is 49.6. The smallest absolute Gasteiger partial charge is 0.303 e. The molecule has 0 bridgehead atoms. The summed E-state index contributed by atoms with van der Waals surface area (Å²) in [6, 6.07) is 10.8. The minimum atomic E-state index is -4.53. The zero-order valence-electron chi connectivity index (χ0n) is 23.0. The van der Waals surface area contributed by atoms with Crippen molar-refractivity contribution in [1.82, 2.24) is 10.2 Å². The number of hydrogen-bond donors (Lipinski definition) is 0. The predicted molar refractivity (Wildman–Crippen MR) is 143 cm³/mol. The molecule has 0 amide bonds. The van der Waals surface area contributed by atoms with E-state index in [1.807, 2.05) is 32.9 Å². The Labute approximate surface area is 231 Å². The number of aromatic nitrogens is 2. The summed E-state index contributed by atoms with van der Waals surface area (Å²) >= 11 is 0. The summed E-state index contributed by atoms with van der Waals surface area (Å²) in [6.45, 7) is 8.81. The van der Waals surface area contributed by atoms with Crippen molar-refractivity contribution >= 4 is 38.5 Å². The van der Waals surface area contributed by atoms with Gasteiger partial charge >= 0.3 is 17.9 Å². The number of carbonyl (C=O) groups is 3. The first kappa shape index (κ1) is 29.1. The van der Waals surface area contributed by atoms with Gasteiger partial charge in [0.15, 0.2) is 17.2 Å². The van der Waals surface area contributed by atoms with E-state index in [0.717, 1.165) is 43.0 Å². The largest absolute Gasteiger partial charge is 0.463 e. The van der Waals surface area contributed by atoms with Gasteiger partial charge in [-0.3, -0.25) is 14.4 Å². The van der Waals surface area contributed by atoms with Crippen molar-refractivity contribution in [2.75, 3.05) is 6.61 Å². The third kappa shape index (κ3) is 5.68. The fraction of sp³-hybridized carbons (Fsp3) is 0.393. The maximum atomic E-state index is 14.1. The molecule has 11 nitrogen and oxygen atoms in total. The second kappa shape index (κ2) is 11.3. The maximum absolute atomic E-state index is 14.1. The van der Waals surface area contributed by atoms with Crippen LogP contribution in [-0.2, 0) is 43.2 Å². The summed E-state index contributed by atoms with van der Waals surface area (Å²) in [6.07, 6.45) is -4.15. The van der Waals surface area contributed by atoms with E-state index in [9.17, 15) is 22.8 Å². The number of rotatable bonds is 7. The molecule has 4 atom stereocenters. The van der Waals surface area contributed by atoms with Gasteiger partial charge in [-0.1, -0.05) is 42.0 Å². The lowest BCUT2D eigenvalue weighted by Crippen LogP contribution is -2.43. The van der Waals surface area contributed by atoms with Crippen LogP contribution in [0.15, 0.2) is 41.4 Å². The van der Waals surface area contributed by atoms with E-state index in [4.69, 9.17) is 18.9 Å². The van der Waals surface area contributed by atoms with Crippen molar-refractivity contribution in [2.45, 2.75) is 70.3 Å². The molecular weight excluding hydrogens is 540 g/mol. The van der Waals surface area contributed by atoms with Crippen LogP contribution in [-0.4, -0.2) is 66.9 Å². The molecule has 1 aromatic heterocycles. The fourth-order valence-corrected chi connectivity index (χ4v) is 6.78. The number of nitrogens with zero attached hydrogens (tertiary/aromatic N) is 2. The number of sulfone groups is 1. The van der Waals surface area contributed by atoms with Crippen molar-refractivity contribution in [3.63, 3.8) is 0 Å². The highest BCUT2D eigenvalue weighted by atomic mass is 32.2. The monoisotopic (exact) mass is 570 g/mol. The standard InChI is InChI=1S/C28H30N2O9S/c1-14-11-15(2)23(16(3)12-14)24-20-9-7-8-10-21(20)27(30-29-24)40(34,35)28-26(38-19(6)33)25(37-18(5)32)22(39-28)13-36-17(4)31/h7-12,22,25-26,28H,13H2,1-6H3/t22-,25+,26-,28+/m1/s1. The molecule has 1 saturated heterocycles. The highest BCUT2D eigenvalue weighted by Crippen LogP contribution is 2.38. The number of benzene rings is 2. The number of esters is 3. The van der Waals surface area contributed by atoms with Crippen LogP contribution in [0.4, 0.5) is 0 Å². The van der Waals surface area contributed by atoms with Crippen molar-refractivity contribution in [3.8, 4) is 11.3 Å². The van der Waals surface area contributed by atoms with Crippen molar-refractivity contribution in [3.05, 3.63) is 53.1 Å². The molecule has 1 aliphatic rings. The minimum Gasteiger partial charge on any atom is -0.463 e. The summed E-state index contributed by atoms with van der Waals surface area (Å²) in [4.78, 5) is 35.3. The molecule has 0 saturated carbocycles. The van der Waals surface area contributed by atoms with Gasteiger partial charge in [0, 0.05) is 37.1 Å². The Kier molecular flexibility index (Phi) is 8.22. The van der Waals surface area contributed by atoms with E-state index in [1.165, 1.54) is 0 Å². The molecule has 0 spiro atoms. The van der Waals surface area contributed by atoms with Gasteiger partial charge < -0.3 is 18.9 Å². The average molecular weight is 571 g/mol. The molecule has 4 rings (SSSR count). The molecule has 3 aromatic rings. The third-order valence-electron chi connectivity index (χ3n) is 6.46. The predicted octanol–water partition coefficient (Wildman–Crippen LogP) is 3.15. The van der Waals surface area contributed by atoms with E-state index in [2.05, 4.69) is 10.2 Å². The van der Waals surface area contributed by atoms with Gasteiger partial charge in [0.05, 0.1) is 0 Å². The summed E-state index contributed by atoms with van der Waals surface area (Å²) in [5.41, 5.74) is 2.52. The summed E-state index contributed by atoms with van der Waals surface area (Å²) in [5, 5.41) is 8.93. The van der Waals surface area contributed by atoms with Crippen LogP contribution in [0.3, 0.4) is 0 Å². The maximum Gasteiger partial charge on any atom is 0.303 e. The zero-order chi connectivity index (χ0) is 29.4. The van der Waals surface area contributed by atoms with Crippen LogP contribution in [0.5, 0.6) is 0 Å². The van der Waals surface area contributed by atoms with Gasteiger partial charge in [-0.25, -0.2) is 8.42 Å². The normalized spacial score (nSPS) is 20.8. The Bertz CT molecular complexity index is 1580. The molecule has 2 aromatic carbocycles. The number of carbonyl (C=O) groups excluding carboxylic acids is 3. The first-order valence-corrected chi connectivity index (χ1v) is 14.1. The molecule has 1 fully saturated rings. The highest BCUT2D eigenvalue weighted by Gasteiger charge is 2.56. The minimum absolute atomic E-state index is 0.282. The van der Waals surface area contributed by atoms with Crippen LogP contribution >= 0.6 is 0 Å². The molecule has 0 unspecified atom stereocenters. The Morgan fingerprint density at radius 2 is 1.43 bits per heavy atom. The lowest BCUT2D eigenvalue weighted by Gasteiger charge is -2.23. The lowest BCUT2D eigenvalue weighted by atomic mass is 9.95. The number of ether oxygens (including phenoxy) is 4. The Hall–Kier alpha value is -3.90. The van der Waals surface area contributed by atoms with Crippen LogP contribution in [0.1, 0.15) is 37.5 Å². The van der Waals surface area contributed by atoms with Crippen LogP contribution in [0.2, 0.25) is 0 Å². The van der Waals surface area contributed by atoms with Crippen LogP contribution in [0.25, 0.3) is 22.0 Å². The quantitative estimate of drug-likeness (QED) is 0.305. The fourth-order valence-electron chi connectivity index (χ4n) is 5.06. The first-order valence-electron chi connectivity index (χ1n) is 12.5. The number of fused-ring (bicyclic) bond motifs is 1. The molecular formula is C28H30N2O9S. The molecule has 0 N–H and O–H groups in total. The van der Waals surface area contributed by atoms with Gasteiger partial charge in [0.2, 0.25) is 15.3 Å². The Morgan fingerprint density at radius 3 is 2.00 bits per heavy atom. The number of hydrogen-bond acceptors (Lipinski definition) is 11. The SMILES string of the molecule is CC(=O)OC[C@H]1O[C@@H](S(=O)(=O)c2nnc(-c3c(C)cc(C)cc3C)c3ccccc23)[C@H](OC(C)=O)[C@H]1OC(C)=O. The van der Waals surface area contributed by atoms with Crippen molar-refractivity contribution < 1.29 is 41.7 Å². The van der Waals surface area contributed by atoms with E-state index in [1.54, 1.807) is 24.3 Å². The Morgan fingerprint density at radius 1 is 0.850 bits per heavy atom. The molecule has 1 aliphatic heterocycles. The van der Waals surface area contributed by atoms with Gasteiger partial charge in [0.25, 0.3) is 0 Å². The van der Waals surface area contributed by atoms with Crippen molar-refractivity contribution in [2.24, 2.45) is 0 Å². The molecule has 2 heterocycles. The Balaban J connectivity index is 1.86. The summed E-state index contributed by atoms with van der Waals surface area (Å²) in [5.74, 6) is -2.25. The molecule has 12 heteroatoms. The number of aryl methyl sites for hydroxylation is 3. The second-order valence-corrected chi connectivity index (χ2v) is 11.7. The molecule has 212 valence electrons. The van der Waals surface area contributed by atoms with E-state index in [-0.39, 0.29) is 5.39 Å². The lowest BCUT2D eigenvalue weighted by molar-refractivity contribution is -0.165. The van der Waals surface area contributed by atoms with Gasteiger partial charge in [0.1, 0.15) is 18.4 Å². The van der Waals surface area contributed by atoms with Crippen molar-refractivity contribution in [1.29, 1.82) is 0 Å². The first-order chi connectivity index (χ1) is 18.8. The van der Waals surface area contributed by atoms with Gasteiger partial charge in [-0.2, -0.15) is 0 Å². The summed E-state index contributed by atoms with van der Waals surface area (Å²) in [7, 11) is -4.53. The third-order valence-corrected chi connectivity index (χ3v) is 8.30. The van der Waals surface area contributed by atoms with E-state index < -0.39 is 63.1 Å². The van der Waals surface area contributed by atoms with Gasteiger partial charge in [-0.05, 0) is 31.9 Å². The van der Waals surface area contributed by atoms with Crippen LogP contribution in [0, 0.1) is 20.8 Å². The van der Waals surface area contributed by atoms with E-state index >= 15 is 0 Å². The van der Waals surface area contributed by atoms with Gasteiger partial charge in [-0.15, -0.1) is 10.2 Å². The van der Waals surface area contributed by atoms with Crippen LogP contribution < -0.4 is 0 Å². The average Bonchev–Trinajstić information content (AvgIpc) is 3.18. The zero-order valence-corrected chi connectivity index (χ0v) is 23.8. The topological polar surface area (TPSA) is 148 Å². The molecule has 0 aliphatic carbocycles. The molecule has 40 heavy (non-hydrogen) atoms. The highest BCUT2D eigenvalue weighted by molar-refractivity contribution is 7.92. The molecule has 0 radical (unpaired) electrons.